The molecule has 1 aliphatic rings. The van der Waals surface area contributed by atoms with Crippen LogP contribution in [0.1, 0.15) is 51.0 Å². The molecule has 0 atom stereocenters. The zero-order valence-corrected chi connectivity index (χ0v) is 17.0. The highest BCUT2D eigenvalue weighted by molar-refractivity contribution is 7.92. The van der Waals surface area contributed by atoms with Gasteiger partial charge in [-0.3, -0.25) is 4.72 Å². The second-order valence-corrected chi connectivity index (χ2v) is 8.98. The van der Waals surface area contributed by atoms with Crippen LogP contribution in [0.15, 0.2) is 53.4 Å². The molecule has 1 N–H and O–H groups in total. The SMILES string of the molecule is CCCCCc1ccc(S(=O)(=O)Nc2ccc(N3CCCCC3)cc2)cc1. The molecule has 0 saturated carbocycles. The Bertz CT molecular complexity index is 808. The molecule has 1 heterocycles. The van der Waals surface area contributed by atoms with Gasteiger partial charge in [0.05, 0.1) is 4.90 Å². The van der Waals surface area contributed by atoms with Gasteiger partial charge in [-0.05, 0) is 74.1 Å². The number of nitrogens with one attached hydrogen (secondary N) is 1. The summed E-state index contributed by atoms with van der Waals surface area (Å²) < 4.78 is 28.0. The fourth-order valence-corrected chi connectivity index (χ4v) is 4.58. The van der Waals surface area contributed by atoms with Crippen molar-refractivity contribution in [3.63, 3.8) is 0 Å². The van der Waals surface area contributed by atoms with Crippen molar-refractivity contribution >= 4 is 21.4 Å². The zero-order chi connectivity index (χ0) is 19.1. The Hall–Kier alpha value is -2.01. The summed E-state index contributed by atoms with van der Waals surface area (Å²) in [4.78, 5) is 2.67. The Morgan fingerprint density at radius 2 is 1.56 bits per heavy atom. The summed E-state index contributed by atoms with van der Waals surface area (Å²) in [5, 5.41) is 0. The van der Waals surface area contributed by atoms with Gasteiger partial charge in [0.25, 0.3) is 10.0 Å². The van der Waals surface area contributed by atoms with Gasteiger partial charge in [0.1, 0.15) is 0 Å². The third-order valence-corrected chi connectivity index (χ3v) is 6.54. The topological polar surface area (TPSA) is 49.4 Å². The highest BCUT2D eigenvalue weighted by atomic mass is 32.2. The molecule has 0 bridgehead atoms. The van der Waals surface area contributed by atoms with Crippen LogP contribution in [0.3, 0.4) is 0 Å². The smallest absolute Gasteiger partial charge is 0.261 e. The normalized spacial score (nSPS) is 14.9. The largest absolute Gasteiger partial charge is 0.372 e. The Morgan fingerprint density at radius 1 is 0.889 bits per heavy atom. The Labute approximate surface area is 163 Å². The lowest BCUT2D eigenvalue weighted by molar-refractivity contribution is 0.578. The van der Waals surface area contributed by atoms with Gasteiger partial charge in [0.2, 0.25) is 0 Å². The first-order valence-corrected chi connectivity index (χ1v) is 11.5. The Morgan fingerprint density at radius 3 is 2.19 bits per heavy atom. The number of rotatable bonds is 8. The number of benzene rings is 2. The standard InChI is InChI=1S/C22H30N2O2S/c1-2-3-5-8-19-9-15-22(16-10-19)27(25,26)23-20-11-13-21(14-12-20)24-17-6-4-7-18-24/h9-16,23H,2-8,17-18H2,1H3. The van der Waals surface area contributed by atoms with Gasteiger partial charge in [0.15, 0.2) is 0 Å². The van der Waals surface area contributed by atoms with Gasteiger partial charge in [-0.25, -0.2) is 8.42 Å². The van der Waals surface area contributed by atoms with Crippen molar-refractivity contribution in [1.82, 2.24) is 0 Å². The maximum absolute atomic E-state index is 12.6. The number of anilines is 2. The fourth-order valence-electron chi connectivity index (χ4n) is 3.52. The van der Waals surface area contributed by atoms with Crippen molar-refractivity contribution in [2.24, 2.45) is 0 Å². The molecule has 146 valence electrons. The Kier molecular flexibility index (Phi) is 6.78. The molecule has 2 aromatic carbocycles. The summed E-state index contributed by atoms with van der Waals surface area (Å²) in [6.45, 7) is 4.34. The monoisotopic (exact) mass is 386 g/mol. The van der Waals surface area contributed by atoms with Gasteiger partial charge in [-0.2, -0.15) is 0 Å². The van der Waals surface area contributed by atoms with E-state index in [1.165, 1.54) is 37.7 Å². The maximum atomic E-state index is 12.6. The molecule has 0 radical (unpaired) electrons. The lowest BCUT2D eigenvalue weighted by Crippen LogP contribution is -2.29. The molecule has 0 unspecified atom stereocenters. The minimum atomic E-state index is -3.56. The average molecular weight is 387 g/mol. The molecule has 0 amide bonds. The van der Waals surface area contributed by atoms with E-state index in [9.17, 15) is 8.42 Å². The van der Waals surface area contributed by atoms with E-state index in [-0.39, 0.29) is 0 Å². The lowest BCUT2D eigenvalue weighted by Gasteiger charge is -2.28. The summed E-state index contributed by atoms with van der Waals surface area (Å²) in [5.41, 5.74) is 2.95. The summed E-state index contributed by atoms with van der Waals surface area (Å²) in [6, 6.07) is 14.9. The predicted octanol–water partition coefficient (Wildman–Crippen LogP) is 5.21. The van der Waals surface area contributed by atoms with Gasteiger partial charge in [0, 0.05) is 24.5 Å². The first-order valence-electron chi connectivity index (χ1n) is 10.1. The fraction of sp³-hybridized carbons (Fsp3) is 0.455. The van der Waals surface area contributed by atoms with Crippen molar-refractivity contribution < 1.29 is 8.42 Å². The van der Waals surface area contributed by atoms with Crippen LogP contribution in [0.4, 0.5) is 11.4 Å². The highest BCUT2D eigenvalue weighted by Gasteiger charge is 2.15. The van der Waals surface area contributed by atoms with Crippen LogP contribution in [0.25, 0.3) is 0 Å². The highest BCUT2D eigenvalue weighted by Crippen LogP contribution is 2.23. The van der Waals surface area contributed by atoms with E-state index in [1.807, 2.05) is 36.4 Å². The zero-order valence-electron chi connectivity index (χ0n) is 16.2. The first-order chi connectivity index (χ1) is 13.1. The van der Waals surface area contributed by atoms with E-state index in [0.29, 0.717) is 10.6 Å². The van der Waals surface area contributed by atoms with Crippen LogP contribution in [0.2, 0.25) is 0 Å². The van der Waals surface area contributed by atoms with E-state index in [4.69, 9.17) is 0 Å². The minimum absolute atomic E-state index is 0.307. The van der Waals surface area contributed by atoms with Crippen molar-refractivity contribution in [3.05, 3.63) is 54.1 Å². The van der Waals surface area contributed by atoms with Crippen molar-refractivity contribution in [3.8, 4) is 0 Å². The third kappa shape index (κ3) is 5.48. The second kappa shape index (κ2) is 9.27. The molecule has 0 spiro atoms. The molecule has 0 aromatic heterocycles. The van der Waals surface area contributed by atoms with Gasteiger partial charge in [-0.1, -0.05) is 31.9 Å². The molecule has 3 rings (SSSR count). The molecule has 1 aliphatic heterocycles. The number of aryl methyl sites for hydroxylation is 1. The van der Waals surface area contributed by atoms with E-state index in [0.717, 1.165) is 31.6 Å². The number of nitrogens with zero attached hydrogens (tertiary/aromatic N) is 1. The Balaban J connectivity index is 1.63. The van der Waals surface area contributed by atoms with E-state index in [1.54, 1.807) is 12.1 Å². The van der Waals surface area contributed by atoms with Crippen LogP contribution >= 0.6 is 0 Å². The minimum Gasteiger partial charge on any atom is -0.372 e. The van der Waals surface area contributed by atoms with Crippen LogP contribution in [0.5, 0.6) is 0 Å². The average Bonchev–Trinajstić information content (AvgIpc) is 2.70. The summed E-state index contributed by atoms with van der Waals surface area (Å²) >= 11 is 0. The van der Waals surface area contributed by atoms with Crippen LogP contribution in [0, 0.1) is 0 Å². The van der Waals surface area contributed by atoms with E-state index in [2.05, 4.69) is 16.5 Å². The summed E-state index contributed by atoms with van der Waals surface area (Å²) in [5.74, 6) is 0. The molecule has 1 fully saturated rings. The molecular formula is C22H30N2O2S. The van der Waals surface area contributed by atoms with Crippen molar-refractivity contribution in [2.45, 2.75) is 56.8 Å². The number of unbranched alkanes of at least 4 members (excludes halogenated alkanes) is 2. The molecule has 1 saturated heterocycles. The molecule has 0 aliphatic carbocycles. The molecule has 2 aromatic rings. The maximum Gasteiger partial charge on any atom is 0.261 e. The second-order valence-electron chi connectivity index (χ2n) is 7.30. The number of hydrogen-bond donors (Lipinski definition) is 1. The summed E-state index contributed by atoms with van der Waals surface area (Å²) in [6.07, 6.45) is 8.28. The number of hydrogen-bond acceptors (Lipinski definition) is 3. The van der Waals surface area contributed by atoms with Crippen LogP contribution in [-0.2, 0) is 16.4 Å². The van der Waals surface area contributed by atoms with E-state index < -0.39 is 10.0 Å². The van der Waals surface area contributed by atoms with Gasteiger partial charge >= 0.3 is 0 Å². The van der Waals surface area contributed by atoms with E-state index >= 15 is 0 Å². The molecule has 27 heavy (non-hydrogen) atoms. The van der Waals surface area contributed by atoms with Crippen molar-refractivity contribution in [1.29, 1.82) is 0 Å². The van der Waals surface area contributed by atoms with Crippen molar-refractivity contribution in [2.75, 3.05) is 22.7 Å². The quantitative estimate of drug-likeness (QED) is 0.634. The molecule has 4 nitrogen and oxygen atoms in total. The first kappa shape index (κ1) is 19.7. The predicted molar refractivity (Wildman–Crippen MR) is 113 cm³/mol. The van der Waals surface area contributed by atoms with Gasteiger partial charge < -0.3 is 4.90 Å². The summed E-state index contributed by atoms with van der Waals surface area (Å²) in [7, 11) is -3.56. The van der Waals surface area contributed by atoms with Crippen LogP contribution < -0.4 is 9.62 Å². The molecular weight excluding hydrogens is 356 g/mol. The molecule has 5 heteroatoms. The van der Waals surface area contributed by atoms with Gasteiger partial charge in [-0.15, -0.1) is 0 Å². The number of sulfonamides is 1. The number of piperidine rings is 1. The lowest BCUT2D eigenvalue weighted by atomic mass is 10.1. The third-order valence-electron chi connectivity index (χ3n) is 5.14. The van der Waals surface area contributed by atoms with Crippen LogP contribution in [-0.4, -0.2) is 21.5 Å².